The van der Waals surface area contributed by atoms with Crippen LogP contribution >= 0.6 is 0 Å². The fraction of sp³-hybridized carbons (Fsp3) is 0.320. The standard InChI is InChI=1S/C25H30N4O2/c1-4-28(5-2)22(17-20-12-8-6-9-13-20)18-26-25(31)24-23(30)16-19(3)29(27-24)21-14-10-7-11-15-21/h6-16,22H,4-5,17-18H2,1-3H3,(H,26,31). The Morgan fingerprint density at radius 2 is 1.65 bits per heavy atom. The van der Waals surface area contributed by atoms with Crippen LogP contribution in [0.4, 0.5) is 0 Å². The highest BCUT2D eigenvalue weighted by Crippen LogP contribution is 2.10. The molecule has 1 unspecified atom stereocenters. The summed E-state index contributed by atoms with van der Waals surface area (Å²) in [5.74, 6) is -0.445. The van der Waals surface area contributed by atoms with E-state index in [9.17, 15) is 9.59 Å². The maximum Gasteiger partial charge on any atom is 0.275 e. The molecule has 1 amide bonds. The monoisotopic (exact) mass is 418 g/mol. The van der Waals surface area contributed by atoms with Crippen LogP contribution in [0.15, 0.2) is 71.5 Å². The van der Waals surface area contributed by atoms with E-state index in [1.165, 1.54) is 11.6 Å². The van der Waals surface area contributed by atoms with Crippen LogP contribution in [0.5, 0.6) is 0 Å². The molecule has 31 heavy (non-hydrogen) atoms. The summed E-state index contributed by atoms with van der Waals surface area (Å²) in [5, 5.41) is 7.32. The zero-order valence-corrected chi connectivity index (χ0v) is 18.4. The number of nitrogens with zero attached hydrogens (tertiary/aromatic N) is 3. The second-order valence-electron chi connectivity index (χ2n) is 7.52. The highest BCUT2D eigenvalue weighted by molar-refractivity contribution is 5.92. The van der Waals surface area contributed by atoms with E-state index in [4.69, 9.17) is 0 Å². The predicted molar refractivity (Wildman–Crippen MR) is 124 cm³/mol. The molecule has 162 valence electrons. The fourth-order valence-electron chi connectivity index (χ4n) is 3.79. The lowest BCUT2D eigenvalue weighted by Crippen LogP contribution is -2.46. The van der Waals surface area contributed by atoms with Crippen molar-refractivity contribution in [1.29, 1.82) is 0 Å². The van der Waals surface area contributed by atoms with Crippen LogP contribution in [0, 0.1) is 6.92 Å². The van der Waals surface area contributed by atoms with Gasteiger partial charge in [0, 0.05) is 24.3 Å². The second kappa shape index (κ2) is 10.7. The molecule has 2 aromatic carbocycles. The molecule has 0 saturated carbocycles. The van der Waals surface area contributed by atoms with Crippen molar-refractivity contribution in [2.24, 2.45) is 0 Å². The summed E-state index contributed by atoms with van der Waals surface area (Å²) < 4.78 is 1.63. The van der Waals surface area contributed by atoms with Gasteiger partial charge in [-0.1, -0.05) is 62.4 Å². The number of nitrogens with one attached hydrogen (secondary N) is 1. The Morgan fingerprint density at radius 3 is 2.26 bits per heavy atom. The average Bonchev–Trinajstić information content (AvgIpc) is 2.79. The number of carbonyl (C=O) groups is 1. The van der Waals surface area contributed by atoms with E-state index < -0.39 is 5.91 Å². The normalized spacial score (nSPS) is 12.0. The molecule has 6 heteroatoms. The highest BCUT2D eigenvalue weighted by Gasteiger charge is 2.20. The number of carbonyl (C=O) groups excluding carboxylic acids is 1. The van der Waals surface area contributed by atoms with Crippen LogP contribution in [0.3, 0.4) is 0 Å². The van der Waals surface area contributed by atoms with Gasteiger partial charge in [-0.15, -0.1) is 0 Å². The van der Waals surface area contributed by atoms with Crippen molar-refractivity contribution in [3.05, 3.63) is 93.9 Å². The first-order chi connectivity index (χ1) is 15.0. The third kappa shape index (κ3) is 5.67. The lowest BCUT2D eigenvalue weighted by Gasteiger charge is -2.30. The minimum atomic E-state index is -0.445. The number of benzene rings is 2. The molecule has 6 nitrogen and oxygen atoms in total. The number of hydrogen-bond donors (Lipinski definition) is 1. The summed E-state index contributed by atoms with van der Waals surface area (Å²) in [6.45, 7) is 8.24. The first kappa shape index (κ1) is 22.4. The van der Waals surface area contributed by atoms with E-state index in [0.717, 1.165) is 25.2 Å². The van der Waals surface area contributed by atoms with Gasteiger partial charge in [-0.2, -0.15) is 5.10 Å². The van der Waals surface area contributed by atoms with E-state index in [-0.39, 0.29) is 17.2 Å². The number of para-hydroxylation sites is 1. The van der Waals surface area contributed by atoms with Gasteiger partial charge in [-0.05, 0) is 44.1 Å². The van der Waals surface area contributed by atoms with Crippen molar-refractivity contribution in [3.8, 4) is 5.69 Å². The van der Waals surface area contributed by atoms with Crippen molar-refractivity contribution < 1.29 is 4.79 Å². The van der Waals surface area contributed by atoms with Gasteiger partial charge < -0.3 is 5.32 Å². The lowest BCUT2D eigenvalue weighted by molar-refractivity contribution is 0.0926. The zero-order chi connectivity index (χ0) is 22.2. The first-order valence-corrected chi connectivity index (χ1v) is 10.8. The molecule has 0 fully saturated rings. The van der Waals surface area contributed by atoms with E-state index in [0.29, 0.717) is 12.2 Å². The van der Waals surface area contributed by atoms with Gasteiger partial charge in [0.25, 0.3) is 5.91 Å². The minimum absolute atomic E-state index is 0.0903. The lowest BCUT2D eigenvalue weighted by atomic mass is 10.0. The van der Waals surface area contributed by atoms with Gasteiger partial charge in [0.2, 0.25) is 5.43 Å². The molecule has 1 heterocycles. The van der Waals surface area contributed by atoms with Gasteiger partial charge in [0.05, 0.1) is 5.69 Å². The van der Waals surface area contributed by atoms with Crippen LogP contribution in [-0.2, 0) is 6.42 Å². The number of likely N-dealkylation sites (N-methyl/N-ethyl adjacent to an activating group) is 1. The number of rotatable bonds is 9. The van der Waals surface area contributed by atoms with Crippen LogP contribution in [0.1, 0.15) is 35.6 Å². The Bertz CT molecular complexity index is 1040. The predicted octanol–water partition coefficient (Wildman–Crippen LogP) is 3.22. The number of aryl methyl sites for hydroxylation is 1. The van der Waals surface area contributed by atoms with E-state index >= 15 is 0 Å². The molecule has 1 aromatic heterocycles. The maximum atomic E-state index is 12.9. The van der Waals surface area contributed by atoms with Crippen molar-refractivity contribution in [2.45, 2.75) is 33.2 Å². The van der Waals surface area contributed by atoms with Crippen molar-refractivity contribution in [2.75, 3.05) is 19.6 Å². The summed E-state index contributed by atoms with van der Waals surface area (Å²) >= 11 is 0. The SMILES string of the molecule is CCN(CC)C(CNC(=O)c1nn(-c2ccccc2)c(C)cc1=O)Cc1ccccc1. The van der Waals surface area contributed by atoms with Gasteiger partial charge in [-0.25, -0.2) is 4.68 Å². The summed E-state index contributed by atoms with van der Waals surface area (Å²) in [4.78, 5) is 27.7. The highest BCUT2D eigenvalue weighted by atomic mass is 16.2. The molecule has 0 aliphatic heterocycles. The van der Waals surface area contributed by atoms with E-state index in [1.807, 2.05) is 48.5 Å². The van der Waals surface area contributed by atoms with Gasteiger partial charge in [-0.3, -0.25) is 14.5 Å². The number of amides is 1. The van der Waals surface area contributed by atoms with Gasteiger partial charge >= 0.3 is 0 Å². The Hall–Kier alpha value is -3.25. The average molecular weight is 419 g/mol. The quantitative estimate of drug-likeness (QED) is 0.579. The summed E-state index contributed by atoms with van der Waals surface area (Å²) in [5.41, 5.74) is 2.24. The Kier molecular flexibility index (Phi) is 7.73. The Balaban J connectivity index is 1.80. The molecular weight excluding hydrogens is 388 g/mol. The molecule has 3 rings (SSSR count). The van der Waals surface area contributed by atoms with E-state index in [2.05, 4.69) is 41.3 Å². The van der Waals surface area contributed by atoms with Gasteiger partial charge in [0.15, 0.2) is 5.69 Å². The topological polar surface area (TPSA) is 67.2 Å². The molecule has 0 bridgehead atoms. The van der Waals surface area contributed by atoms with Crippen LogP contribution in [0.2, 0.25) is 0 Å². The number of aromatic nitrogens is 2. The molecule has 1 atom stereocenters. The Labute approximate surface area is 183 Å². The Morgan fingerprint density at radius 1 is 1.03 bits per heavy atom. The third-order valence-corrected chi connectivity index (χ3v) is 5.46. The van der Waals surface area contributed by atoms with Gasteiger partial charge in [0.1, 0.15) is 0 Å². The zero-order valence-electron chi connectivity index (χ0n) is 18.4. The molecule has 0 saturated heterocycles. The molecule has 0 aliphatic carbocycles. The van der Waals surface area contributed by atoms with Crippen LogP contribution in [0.25, 0.3) is 5.69 Å². The first-order valence-electron chi connectivity index (χ1n) is 10.8. The largest absolute Gasteiger partial charge is 0.349 e. The van der Waals surface area contributed by atoms with Crippen molar-refractivity contribution >= 4 is 5.91 Å². The second-order valence-corrected chi connectivity index (χ2v) is 7.52. The summed E-state index contributed by atoms with van der Waals surface area (Å²) in [6, 6.07) is 21.3. The summed E-state index contributed by atoms with van der Waals surface area (Å²) in [6.07, 6.45) is 0.818. The van der Waals surface area contributed by atoms with Crippen molar-refractivity contribution in [1.82, 2.24) is 20.0 Å². The molecular formula is C25H30N4O2. The smallest absolute Gasteiger partial charge is 0.275 e. The maximum absolute atomic E-state index is 12.9. The van der Waals surface area contributed by atoms with Crippen LogP contribution in [-0.4, -0.2) is 46.3 Å². The van der Waals surface area contributed by atoms with Crippen LogP contribution < -0.4 is 10.7 Å². The number of hydrogen-bond acceptors (Lipinski definition) is 4. The molecule has 1 N–H and O–H groups in total. The minimum Gasteiger partial charge on any atom is -0.349 e. The third-order valence-electron chi connectivity index (χ3n) is 5.46. The molecule has 0 aliphatic rings. The summed E-state index contributed by atoms with van der Waals surface area (Å²) in [7, 11) is 0. The molecule has 3 aromatic rings. The fourth-order valence-corrected chi connectivity index (χ4v) is 3.79. The molecule has 0 radical (unpaired) electrons. The van der Waals surface area contributed by atoms with E-state index in [1.54, 1.807) is 11.6 Å². The van der Waals surface area contributed by atoms with Crippen molar-refractivity contribution in [3.63, 3.8) is 0 Å². The molecule has 0 spiro atoms.